The monoisotopic (exact) mass is 459 g/mol. The minimum atomic E-state index is -0.714. The van der Waals surface area contributed by atoms with Crippen LogP contribution in [0.4, 0.5) is 10.1 Å². The van der Waals surface area contributed by atoms with Crippen molar-refractivity contribution < 1.29 is 19.1 Å². The summed E-state index contributed by atoms with van der Waals surface area (Å²) >= 11 is 6.02. The van der Waals surface area contributed by atoms with Gasteiger partial charge >= 0.3 is 0 Å². The molecule has 3 rings (SSSR count). The van der Waals surface area contributed by atoms with Crippen molar-refractivity contribution in [2.24, 2.45) is 0 Å². The summed E-state index contributed by atoms with van der Waals surface area (Å²) in [6.45, 7) is 5.29. The van der Waals surface area contributed by atoms with E-state index in [4.69, 9.17) is 11.6 Å². The number of anilines is 1. The summed E-state index contributed by atoms with van der Waals surface area (Å²) in [6.07, 6.45) is 2.36. The van der Waals surface area contributed by atoms with Gasteiger partial charge in [0.2, 0.25) is 11.8 Å². The van der Waals surface area contributed by atoms with Gasteiger partial charge in [0.05, 0.1) is 12.1 Å². The van der Waals surface area contributed by atoms with Crippen LogP contribution < -0.4 is 5.32 Å². The van der Waals surface area contributed by atoms with Gasteiger partial charge in [-0.3, -0.25) is 14.5 Å². The fourth-order valence-electron chi connectivity index (χ4n) is 3.78. The van der Waals surface area contributed by atoms with Crippen LogP contribution >= 0.6 is 11.6 Å². The number of carbonyl (C=O) groups is 2. The molecule has 0 aromatic heterocycles. The lowest BCUT2D eigenvalue weighted by Gasteiger charge is -2.42. The molecule has 6 nitrogen and oxygen atoms in total. The van der Waals surface area contributed by atoms with Crippen LogP contribution in [0.1, 0.15) is 25.0 Å². The van der Waals surface area contributed by atoms with Crippen LogP contribution in [-0.2, 0) is 16.1 Å². The van der Waals surface area contributed by atoms with Gasteiger partial charge in [-0.05, 0) is 48.4 Å². The molecule has 0 aliphatic carbocycles. The number of hydrogen-bond acceptors (Lipinski definition) is 4. The Morgan fingerprint density at radius 1 is 1.25 bits per heavy atom. The number of amides is 2. The van der Waals surface area contributed by atoms with E-state index in [1.165, 1.54) is 25.1 Å². The molecule has 0 unspecified atom stereocenters. The number of nitrogens with zero attached hydrogens (tertiary/aromatic N) is 2. The number of benzene rings is 2. The first-order valence-corrected chi connectivity index (χ1v) is 10.8. The predicted octanol–water partition coefficient (Wildman–Crippen LogP) is 3.54. The molecule has 1 heterocycles. The lowest BCUT2D eigenvalue weighted by Crippen LogP contribution is -2.58. The smallest absolute Gasteiger partial charge is 0.247 e. The third-order valence-corrected chi connectivity index (χ3v) is 5.63. The summed E-state index contributed by atoms with van der Waals surface area (Å²) in [5.74, 6) is -0.735. The molecular weight excluding hydrogens is 433 g/mol. The highest BCUT2D eigenvalue weighted by atomic mass is 35.5. The van der Waals surface area contributed by atoms with E-state index in [0.29, 0.717) is 42.5 Å². The Labute approximate surface area is 192 Å². The summed E-state index contributed by atoms with van der Waals surface area (Å²) in [7, 11) is 0. The van der Waals surface area contributed by atoms with Crippen LogP contribution in [0.2, 0.25) is 5.02 Å². The van der Waals surface area contributed by atoms with Crippen LogP contribution in [0.15, 0.2) is 48.5 Å². The van der Waals surface area contributed by atoms with Gasteiger partial charge in [-0.1, -0.05) is 29.8 Å². The molecule has 0 saturated carbocycles. The van der Waals surface area contributed by atoms with Gasteiger partial charge in [-0.15, -0.1) is 0 Å². The van der Waals surface area contributed by atoms with Crippen molar-refractivity contribution in [3.05, 3.63) is 70.5 Å². The van der Waals surface area contributed by atoms with Gasteiger partial charge in [0.25, 0.3) is 0 Å². The second-order valence-corrected chi connectivity index (χ2v) is 8.38. The SMILES string of the molecule is CC(=O)Nc1cc(Cl)ccc1/C=C/C(=O)N1CCN(Cc2ccc(F)cc2)C[C@H]1[C@H](C)O. The number of nitrogens with one attached hydrogen (secondary N) is 1. The van der Waals surface area contributed by atoms with Gasteiger partial charge < -0.3 is 15.3 Å². The number of hydrogen-bond donors (Lipinski definition) is 2. The summed E-state index contributed by atoms with van der Waals surface area (Å²) in [6, 6.07) is 11.0. The number of carbonyl (C=O) groups excluding carboxylic acids is 2. The minimum Gasteiger partial charge on any atom is -0.391 e. The third kappa shape index (κ3) is 6.38. The molecule has 1 saturated heterocycles. The zero-order valence-electron chi connectivity index (χ0n) is 18.1. The average molecular weight is 460 g/mol. The Hall–Kier alpha value is -2.74. The van der Waals surface area contributed by atoms with Crippen molar-refractivity contribution >= 4 is 35.2 Å². The van der Waals surface area contributed by atoms with E-state index >= 15 is 0 Å². The second-order valence-electron chi connectivity index (χ2n) is 7.95. The molecule has 2 aromatic carbocycles. The zero-order chi connectivity index (χ0) is 23.3. The molecule has 32 heavy (non-hydrogen) atoms. The average Bonchev–Trinajstić information content (AvgIpc) is 2.74. The quantitative estimate of drug-likeness (QED) is 0.648. The van der Waals surface area contributed by atoms with Crippen LogP contribution in [-0.4, -0.2) is 58.5 Å². The molecule has 2 amide bonds. The Morgan fingerprint density at radius 2 is 1.97 bits per heavy atom. The first-order valence-electron chi connectivity index (χ1n) is 10.4. The molecule has 2 aromatic rings. The first kappa shape index (κ1) is 23.9. The Kier molecular flexibility index (Phi) is 8.01. The van der Waals surface area contributed by atoms with Crippen LogP contribution in [0.25, 0.3) is 6.08 Å². The summed E-state index contributed by atoms with van der Waals surface area (Å²) in [5, 5.41) is 13.5. The van der Waals surface area contributed by atoms with Crippen molar-refractivity contribution in [3.8, 4) is 0 Å². The van der Waals surface area contributed by atoms with E-state index in [9.17, 15) is 19.1 Å². The molecule has 0 spiro atoms. The number of piperazine rings is 1. The van der Waals surface area contributed by atoms with E-state index < -0.39 is 6.10 Å². The van der Waals surface area contributed by atoms with Crippen molar-refractivity contribution in [2.75, 3.05) is 25.0 Å². The fraction of sp³-hybridized carbons (Fsp3) is 0.333. The topological polar surface area (TPSA) is 72.9 Å². The Balaban J connectivity index is 1.70. The van der Waals surface area contributed by atoms with Crippen LogP contribution in [0.3, 0.4) is 0 Å². The van der Waals surface area contributed by atoms with Crippen molar-refractivity contribution in [1.29, 1.82) is 0 Å². The fourth-order valence-corrected chi connectivity index (χ4v) is 3.95. The van der Waals surface area contributed by atoms with Gasteiger partial charge in [-0.25, -0.2) is 4.39 Å². The maximum atomic E-state index is 13.2. The maximum Gasteiger partial charge on any atom is 0.247 e. The molecule has 8 heteroatoms. The number of aliphatic hydroxyl groups excluding tert-OH is 1. The molecule has 2 atom stereocenters. The second kappa shape index (κ2) is 10.7. The Bertz CT molecular complexity index is 994. The van der Waals surface area contributed by atoms with E-state index in [1.807, 2.05) is 0 Å². The van der Waals surface area contributed by atoms with E-state index in [1.54, 1.807) is 48.2 Å². The minimum absolute atomic E-state index is 0.221. The number of halogens is 2. The standard InChI is InChI=1S/C24H27ClFN3O3/c1-16(30)23-15-28(14-18-3-8-21(26)9-4-18)11-12-29(23)24(32)10-6-19-5-7-20(25)13-22(19)27-17(2)31/h3-10,13,16,23,30H,11-12,14-15H2,1-2H3,(H,27,31)/b10-6+/t16-,23-/m0/s1. The lowest BCUT2D eigenvalue weighted by molar-refractivity contribution is -0.134. The van der Waals surface area contributed by atoms with Gasteiger partial charge in [0.15, 0.2) is 0 Å². The van der Waals surface area contributed by atoms with E-state index in [0.717, 1.165) is 5.56 Å². The Morgan fingerprint density at radius 3 is 2.62 bits per heavy atom. The van der Waals surface area contributed by atoms with E-state index in [2.05, 4.69) is 10.2 Å². The molecule has 1 fully saturated rings. The normalized spacial score (nSPS) is 18.0. The largest absolute Gasteiger partial charge is 0.391 e. The molecule has 0 bridgehead atoms. The highest BCUT2D eigenvalue weighted by molar-refractivity contribution is 6.31. The van der Waals surface area contributed by atoms with Gasteiger partial charge in [0, 0.05) is 49.9 Å². The van der Waals surface area contributed by atoms with E-state index in [-0.39, 0.29) is 23.7 Å². The third-order valence-electron chi connectivity index (χ3n) is 5.39. The maximum absolute atomic E-state index is 13.2. The first-order chi connectivity index (χ1) is 15.2. The predicted molar refractivity (Wildman–Crippen MR) is 124 cm³/mol. The van der Waals surface area contributed by atoms with Gasteiger partial charge in [-0.2, -0.15) is 0 Å². The molecule has 2 N–H and O–H groups in total. The van der Waals surface area contributed by atoms with Crippen LogP contribution in [0.5, 0.6) is 0 Å². The summed E-state index contributed by atoms with van der Waals surface area (Å²) < 4.78 is 13.2. The lowest BCUT2D eigenvalue weighted by atomic mass is 10.1. The zero-order valence-corrected chi connectivity index (χ0v) is 18.8. The molecule has 0 radical (unpaired) electrons. The molecule has 1 aliphatic heterocycles. The summed E-state index contributed by atoms with van der Waals surface area (Å²) in [4.78, 5) is 28.2. The summed E-state index contributed by atoms with van der Waals surface area (Å²) in [5.41, 5.74) is 2.15. The van der Waals surface area contributed by atoms with Crippen molar-refractivity contribution in [3.63, 3.8) is 0 Å². The van der Waals surface area contributed by atoms with Crippen LogP contribution in [0, 0.1) is 5.82 Å². The number of rotatable bonds is 6. The number of aliphatic hydroxyl groups is 1. The van der Waals surface area contributed by atoms with Gasteiger partial charge in [0.1, 0.15) is 5.82 Å². The molecular formula is C24H27ClFN3O3. The molecule has 1 aliphatic rings. The van der Waals surface area contributed by atoms with Crippen molar-refractivity contribution in [2.45, 2.75) is 32.5 Å². The molecule has 170 valence electrons. The highest BCUT2D eigenvalue weighted by Crippen LogP contribution is 2.23. The highest BCUT2D eigenvalue weighted by Gasteiger charge is 2.32. The van der Waals surface area contributed by atoms with Crippen molar-refractivity contribution in [1.82, 2.24) is 9.80 Å².